The van der Waals surface area contributed by atoms with Crippen molar-refractivity contribution in [2.24, 2.45) is 0 Å². The number of amides is 3. The second-order valence-electron chi connectivity index (χ2n) is 2.68. The molecule has 0 aromatic heterocycles. The van der Waals surface area contributed by atoms with E-state index in [2.05, 4.69) is 5.32 Å². The van der Waals surface area contributed by atoms with Gasteiger partial charge in [0.25, 0.3) is 10.5 Å². The van der Waals surface area contributed by atoms with Gasteiger partial charge < -0.3 is 10.4 Å². The molecule has 16 heavy (non-hydrogen) atoms. The molecule has 1 fully saturated rings. The molecule has 1 saturated heterocycles. The second kappa shape index (κ2) is 5.75. The zero-order valence-electron chi connectivity index (χ0n) is 7.97. The van der Waals surface area contributed by atoms with E-state index in [0.29, 0.717) is 0 Å². The standard InChI is InChI=1S/C7H8N2O5S2/c10-4-3-15-6(12)9(4)2-1-8-5(11)16-7(13)14/h1-3H2,(H,8,11)(H,13,14). The smallest absolute Gasteiger partial charge is 0.374 e. The minimum absolute atomic E-state index is 0.0527. The average Bonchev–Trinajstić information content (AvgIpc) is 2.47. The average molecular weight is 264 g/mol. The van der Waals surface area contributed by atoms with Gasteiger partial charge in [-0.2, -0.15) is 0 Å². The van der Waals surface area contributed by atoms with Crippen LogP contribution in [0.1, 0.15) is 0 Å². The van der Waals surface area contributed by atoms with Crippen LogP contribution in [0.4, 0.5) is 14.4 Å². The van der Waals surface area contributed by atoms with Crippen LogP contribution in [0.5, 0.6) is 0 Å². The van der Waals surface area contributed by atoms with E-state index >= 15 is 0 Å². The Morgan fingerprint density at radius 2 is 2.19 bits per heavy atom. The molecule has 0 radical (unpaired) electrons. The van der Waals surface area contributed by atoms with Gasteiger partial charge in [-0.15, -0.1) is 0 Å². The molecule has 0 unspecified atom stereocenters. The molecule has 9 heteroatoms. The fourth-order valence-corrected chi connectivity index (χ4v) is 2.07. The van der Waals surface area contributed by atoms with E-state index in [9.17, 15) is 19.2 Å². The predicted molar refractivity (Wildman–Crippen MR) is 58.6 cm³/mol. The van der Waals surface area contributed by atoms with E-state index in [0.717, 1.165) is 16.7 Å². The van der Waals surface area contributed by atoms with Crippen molar-refractivity contribution < 1.29 is 24.3 Å². The molecule has 0 aromatic rings. The molecule has 0 bridgehead atoms. The highest BCUT2D eigenvalue weighted by Crippen LogP contribution is 2.17. The fourth-order valence-electron chi connectivity index (χ4n) is 0.982. The molecule has 1 heterocycles. The Balaban J connectivity index is 2.25. The number of imide groups is 1. The molecule has 2 N–H and O–H groups in total. The summed E-state index contributed by atoms with van der Waals surface area (Å²) in [6.45, 7) is 0.119. The minimum atomic E-state index is -1.30. The van der Waals surface area contributed by atoms with Gasteiger partial charge in [0.05, 0.1) is 17.5 Å². The van der Waals surface area contributed by atoms with Crippen molar-refractivity contribution in [1.82, 2.24) is 10.2 Å². The lowest BCUT2D eigenvalue weighted by Crippen LogP contribution is -2.36. The number of carboxylic acid groups (broad SMARTS) is 1. The van der Waals surface area contributed by atoms with Crippen LogP contribution in [-0.4, -0.2) is 50.5 Å². The molecule has 0 aromatic carbocycles. The van der Waals surface area contributed by atoms with Gasteiger partial charge in [-0.25, -0.2) is 4.79 Å². The molecular formula is C7H8N2O5S2. The summed E-state index contributed by atoms with van der Waals surface area (Å²) < 4.78 is 0. The molecule has 1 rings (SSSR count). The predicted octanol–water partition coefficient (Wildman–Crippen LogP) is 0.803. The maximum atomic E-state index is 11.1. The van der Waals surface area contributed by atoms with Crippen LogP contribution in [0.2, 0.25) is 0 Å². The molecule has 0 aliphatic carbocycles. The van der Waals surface area contributed by atoms with E-state index in [1.54, 1.807) is 0 Å². The number of carbonyl (C=O) groups excluding carboxylic acids is 3. The topological polar surface area (TPSA) is 104 Å². The molecule has 7 nitrogen and oxygen atoms in total. The number of nitrogens with one attached hydrogen (secondary N) is 1. The van der Waals surface area contributed by atoms with Crippen LogP contribution in [0.25, 0.3) is 0 Å². The van der Waals surface area contributed by atoms with Crippen molar-refractivity contribution in [2.45, 2.75) is 0 Å². The summed E-state index contributed by atoms with van der Waals surface area (Å²) in [7, 11) is 0. The molecule has 1 aliphatic heterocycles. The van der Waals surface area contributed by atoms with Crippen LogP contribution < -0.4 is 5.32 Å². The molecule has 0 saturated carbocycles. The maximum Gasteiger partial charge on any atom is 0.374 e. The maximum absolute atomic E-state index is 11.1. The number of thioether (sulfide) groups is 2. The van der Waals surface area contributed by atoms with Crippen molar-refractivity contribution in [2.75, 3.05) is 18.8 Å². The summed E-state index contributed by atoms with van der Waals surface area (Å²) >= 11 is 1.02. The number of carbonyl (C=O) groups is 4. The first-order valence-electron chi connectivity index (χ1n) is 4.16. The summed E-state index contributed by atoms with van der Waals surface area (Å²) in [6.07, 6.45) is 0. The number of hydrogen-bond acceptors (Lipinski definition) is 6. The van der Waals surface area contributed by atoms with Gasteiger partial charge in [-0.3, -0.25) is 19.3 Å². The van der Waals surface area contributed by atoms with E-state index < -0.39 is 10.5 Å². The molecular weight excluding hydrogens is 256 g/mol. The Bertz CT molecular complexity index is 330. The van der Waals surface area contributed by atoms with Gasteiger partial charge >= 0.3 is 5.30 Å². The van der Waals surface area contributed by atoms with Gasteiger partial charge in [-0.05, 0) is 0 Å². The Kier molecular flexibility index (Phi) is 4.62. The lowest BCUT2D eigenvalue weighted by Gasteiger charge is -2.12. The normalized spacial score (nSPS) is 15.4. The first kappa shape index (κ1) is 12.8. The zero-order chi connectivity index (χ0) is 12.1. The van der Waals surface area contributed by atoms with Crippen LogP contribution in [0.3, 0.4) is 0 Å². The van der Waals surface area contributed by atoms with Gasteiger partial charge in [0.15, 0.2) is 0 Å². The van der Waals surface area contributed by atoms with Gasteiger partial charge in [0.1, 0.15) is 0 Å². The molecule has 1 aliphatic rings. The highest BCUT2D eigenvalue weighted by atomic mass is 32.2. The summed E-state index contributed by atoms with van der Waals surface area (Å²) in [6, 6.07) is 0. The Labute approximate surface area is 98.9 Å². The van der Waals surface area contributed by atoms with Gasteiger partial charge in [0, 0.05) is 13.1 Å². The lowest BCUT2D eigenvalue weighted by atomic mass is 10.5. The number of nitrogens with zero attached hydrogens (tertiary/aromatic N) is 1. The first-order chi connectivity index (χ1) is 7.50. The van der Waals surface area contributed by atoms with Crippen LogP contribution in [-0.2, 0) is 4.79 Å². The number of rotatable bonds is 3. The van der Waals surface area contributed by atoms with Crippen molar-refractivity contribution in [3.05, 3.63) is 0 Å². The highest BCUT2D eigenvalue weighted by molar-refractivity contribution is 8.25. The summed E-state index contributed by atoms with van der Waals surface area (Å²) in [5, 5.41) is 8.16. The third-order valence-corrected chi connectivity index (χ3v) is 2.99. The van der Waals surface area contributed by atoms with Gasteiger partial charge in [0.2, 0.25) is 5.91 Å². The summed E-state index contributed by atoms with van der Waals surface area (Å²) in [4.78, 5) is 44.2. The Morgan fingerprint density at radius 3 is 2.69 bits per heavy atom. The van der Waals surface area contributed by atoms with E-state index in [-0.39, 0.29) is 41.8 Å². The van der Waals surface area contributed by atoms with Crippen LogP contribution in [0.15, 0.2) is 0 Å². The monoisotopic (exact) mass is 264 g/mol. The third-order valence-electron chi connectivity index (χ3n) is 1.63. The van der Waals surface area contributed by atoms with E-state index in [1.165, 1.54) is 0 Å². The third kappa shape index (κ3) is 3.74. The van der Waals surface area contributed by atoms with Crippen molar-refractivity contribution in [1.29, 1.82) is 0 Å². The molecule has 88 valence electrons. The van der Waals surface area contributed by atoms with Crippen molar-refractivity contribution in [3.8, 4) is 0 Å². The lowest BCUT2D eigenvalue weighted by molar-refractivity contribution is -0.124. The molecule has 0 atom stereocenters. The van der Waals surface area contributed by atoms with Crippen LogP contribution in [0, 0.1) is 0 Å². The van der Waals surface area contributed by atoms with Crippen LogP contribution >= 0.6 is 23.5 Å². The Hall–Kier alpha value is -1.22. The van der Waals surface area contributed by atoms with Crippen molar-refractivity contribution >= 4 is 45.2 Å². The fraction of sp³-hybridized carbons (Fsp3) is 0.429. The van der Waals surface area contributed by atoms with E-state index in [4.69, 9.17) is 5.11 Å². The Morgan fingerprint density at radius 1 is 1.50 bits per heavy atom. The number of hydrogen-bond donors (Lipinski definition) is 2. The summed E-state index contributed by atoms with van der Waals surface area (Å²) in [5.41, 5.74) is 0. The zero-order valence-corrected chi connectivity index (χ0v) is 9.60. The SMILES string of the molecule is O=C(O)SC(=O)NCCN1C(=O)CSC1=O. The van der Waals surface area contributed by atoms with Gasteiger partial charge in [-0.1, -0.05) is 11.8 Å². The van der Waals surface area contributed by atoms with E-state index in [1.807, 2.05) is 0 Å². The second-order valence-corrected chi connectivity index (χ2v) is 4.53. The quantitative estimate of drug-likeness (QED) is 0.777. The summed E-state index contributed by atoms with van der Waals surface area (Å²) in [5.74, 6) is -0.174. The first-order valence-corrected chi connectivity index (χ1v) is 5.96. The largest absolute Gasteiger partial charge is 0.473 e. The molecule has 3 amide bonds. The minimum Gasteiger partial charge on any atom is -0.473 e. The highest BCUT2D eigenvalue weighted by Gasteiger charge is 2.29. The molecule has 0 spiro atoms. The van der Waals surface area contributed by atoms with Crippen molar-refractivity contribution in [3.63, 3.8) is 0 Å².